The Balaban J connectivity index is 1.56. The van der Waals surface area contributed by atoms with Gasteiger partial charge in [-0.05, 0) is 49.2 Å². The van der Waals surface area contributed by atoms with E-state index >= 15 is 0 Å². The van der Waals surface area contributed by atoms with Crippen LogP contribution in [0.2, 0.25) is 0 Å². The second kappa shape index (κ2) is 7.60. The van der Waals surface area contributed by atoms with Crippen LogP contribution in [-0.4, -0.2) is 58.1 Å². The van der Waals surface area contributed by atoms with E-state index in [0.29, 0.717) is 6.61 Å². The highest BCUT2D eigenvalue weighted by Gasteiger charge is 2.38. The molecule has 0 spiro atoms. The molecule has 2 aromatic rings. The SMILES string of the molecule is O=C(Nc1ccc(O)cc1C(=O)O)c1ccc2c(c1)C(=O)N(C[C@@H]1CCCO1)C2=O. The van der Waals surface area contributed by atoms with Crippen molar-refractivity contribution in [2.24, 2.45) is 0 Å². The van der Waals surface area contributed by atoms with Crippen molar-refractivity contribution in [2.75, 3.05) is 18.5 Å². The topological polar surface area (TPSA) is 133 Å². The molecule has 1 atom stereocenters. The van der Waals surface area contributed by atoms with E-state index in [0.717, 1.165) is 23.8 Å². The van der Waals surface area contributed by atoms with Crippen LogP contribution in [0.4, 0.5) is 5.69 Å². The first-order valence-electron chi connectivity index (χ1n) is 9.34. The van der Waals surface area contributed by atoms with E-state index in [4.69, 9.17) is 4.74 Å². The van der Waals surface area contributed by atoms with Crippen LogP contribution in [0.25, 0.3) is 0 Å². The van der Waals surface area contributed by atoms with Crippen LogP contribution in [0.15, 0.2) is 36.4 Å². The van der Waals surface area contributed by atoms with Gasteiger partial charge in [-0.3, -0.25) is 19.3 Å². The number of carboxylic acid groups (broad SMARTS) is 1. The Hall–Kier alpha value is -3.72. The Morgan fingerprint density at radius 2 is 1.87 bits per heavy atom. The number of rotatable bonds is 5. The minimum absolute atomic E-state index is 0.00629. The minimum Gasteiger partial charge on any atom is -0.508 e. The molecule has 154 valence electrons. The van der Waals surface area contributed by atoms with E-state index in [1.807, 2.05) is 0 Å². The lowest BCUT2D eigenvalue weighted by molar-refractivity contribution is 0.0475. The number of fused-ring (bicyclic) bond motifs is 1. The number of phenols is 1. The van der Waals surface area contributed by atoms with Gasteiger partial charge in [0.15, 0.2) is 0 Å². The van der Waals surface area contributed by atoms with E-state index in [2.05, 4.69) is 5.32 Å². The largest absolute Gasteiger partial charge is 0.508 e. The second-order valence-electron chi connectivity index (χ2n) is 7.11. The molecule has 0 saturated carbocycles. The Morgan fingerprint density at radius 1 is 1.10 bits per heavy atom. The fourth-order valence-electron chi connectivity index (χ4n) is 3.60. The third kappa shape index (κ3) is 3.50. The number of ether oxygens (including phenoxy) is 1. The Kier molecular flexibility index (Phi) is 4.96. The van der Waals surface area contributed by atoms with Crippen molar-refractivity contribution < 1.29 is 34.1 Å². The molecule has 2 aromatic carbocycles. The van der Waals surface area contributed by atoms with Gasteiger partial charge >= 0.3 is 5.97 Å². The summed E-state index contributed by atoms with van der Waals surface area (Å²) >= 11 is 0. The van der Waals surface area contributed by atoms with Gasteiger partial charge < -0.3 is 20.3 Å². The summed E-state index contributed by atoms with van der Waals surface area (Å²) in [5.41, 5.74) is 0.144. The third-order valence-electron chi connectivity index (χ3n) is 5.12. The van der Waals surface area contributed by atoms with Crippen LogP contribution in [0.1, 0.15) is 54.3 Å². The van der Waals surface area contributed by atoms with Crippen LogP contribution >= 0.6 is 0 Å². The molecule has 3 amide bonds. The molecular weight excluding hydrogens is 392 g/mol. The molecule has 1 fully saturated rings. The lowest BCUT2D eigenvalue weighted by Gasteiger charge is -2.17. The number of aromatic carboxylic acids is 1. The number of amides is 3. The van der Waals surface area contributed by atoms with Gasteiger partial charge in [0.25, 0.3) is 17.7 Å². The third-order valence-corrected chi connectivity index (χ3v) is 5.12. The first kappa shape index (κ1) is 19.6. The van der Waals surface area contributed by atoms with Crippen molar-refractivity contribution in [3.8, 4) is 5.75 Å². The van der Waals surface area contributed by atoms with E-state index in [1.165, 1.54) is 30.3 Å². The average molecular weight is 410 g/mol. The van der Waals surface area contributed by atoms with Gasteiger partial charge in [-0.15, -0.1) is 0 Å². The predicted octanol–water partition coefficient (Wildman–Crippen LogP) is 2.12. The molecule has 9 heteroatoms. The molecule has 0 aromatic heterocycles. The number of carboxylic acids is 1. The van der Waals surface area contributed by atoms with Crippen molar-refractivity contribution in [1.29, 1.82) is 0 Å². The lowest BCUT2D eigenvalue weighted by atomic mass is 10.0. The monoisotopic (exact) mass is 410 g/mol. The molecule has 2 aliphatic heterocycles. The van der Waals surface area contributed by atoms with Crippen molar-refractivity contribution in [1.82, 2.24) is 4.90 Å². The molecule has 3 N–H and O–H groups in total. The fourth-order valence-corrected chi connectivity index (χ4v) is 3.60. The normalized spacial score (nSPS) is 17.9. The molecule has 0 unspecified atom stereocenters. The van der Waals surface area contributed by atoms with Gasteiger partial charge in [-0.2, -0.15) is 0 Å². The van der Waals surface area contributed by atoms with E-state index < -0.39 is 23.7 Å². The van der Waals surface area contributed by atoms with Gasteiger partial charge in [-0.25, -0.2) is 4.79 Å². The lowest BCUT2D eigenvalue weighted by Crippen LogP contribution is -2.36. The number of anilines is 1. The van der Waals surface area contributed by atoms with Gasteiger partial charge in [0.2, 0.25) is 0 Å². The zero-order valence-corrected chi connectivity index (χ0v) is 15.8. The molecule has 30 heavy (non-hydrogen) atoms. The highest BCUT2D eigenvalue weighted by atomic mass is 16.5. The highest BCUT2D eigenvalue weighted by molar-refractivity contribution is 6.22. The summed E-state index contributed by atoms with van der Waals surface area (Å²) in [6.45, 7) is 0.775. The first-order chi connectivity index (χ1) is 14.3. The van der Waals surface area contributed by atoms with Gasteiger partial charge in [-0.1, -0.05) is 0 Å². The fraction of sp³-hybridized carbons (Fsp3) is 0.238. The van der Waals surface area contributed by atoms with Crippen molar-refractivity contribution in [2.45, 2.75) is 18.9 Å². The minimum atomic E-state index is -1.32. The second-order valence-corrected chi connectivity index (χ2v) is 7.11. The number of carbonyl (C=O) groups is 4. The summed E-state index contributed by atoms with van der Waals surface area (Å²) in [5.74, 6) is -3.14. The van der Waals surface area contributed by atoms with E-state index in [1.54, 1.807) is 0 Å². The number of phenolic OH excluding ortho intramolecular Hbond substituents is 1. The summed E-state index contributed by atoms with van der Waals surface area (Å²) in [6.07, 6.45) is 1.48. The quantitative estimate of drug-likeness (QED) is 0.508. The maximum absolute atomic E-state index is 12.7. The van der Waals surface area contributed by atoms with Crippen molar-refractivity contribution in [3.63, 3.8) is 0 Å². The number of nitrogens with zero attached hydrogens (tertiary/aromatic N) is 1. The molecule has 0 bridgehead atoms. The average Bonchev–Trinajstić information content (AvgIpc) is 3.32. The molecule has 1 saturated heterocycles. The first-order valence-corrected chi connectivity index (χ1v) is 9.34. The van der Waals surface area contributed by atoms with Crippen LogP contribution < -0.4 is 5.32 Å². The molecule has 9 nitrogen and oxygen atoms in total. The van der Waals surface area contributed by atoms with Crippen LogP contribution in [-0.2, 0) is 4.74 Å². The van der Waals surface area contributed by atoms with Crippen LogP contribution in [0.5, 0.6) is 5.75 Å². The zero-order chi connectivity index (χ0) is 21.4. The Bertz CT molecular complexity index is 1070. The van der Waals surface area contributed by atoms with Crippen LogP contribution in [0.3, 0.4) is 0 Å². The summed E-state index contributed by atoms with van der Waals surface area (Å²) in [5, 5.41) is 21.2. The molecule has 2 aliphatic rings. The predicted molar refractivity (Wildman–Crippen MR) is 104 cm³/mol. The number of imide groups is 1. The highest BCUT2D eigenvalue weighted by Crippen LogP contribution is 2.27. The number of benzene rings is 2. The van der Waals surface area contributed by atoms with Gasteiger partial charge in [0.1, 0.15) is 5.75 Å². The van der Waals surface area contributed by atoms with Crippen molar-refractivity contribution in [3.05, 3.63) is 58.7 Å². The summed E-state index contributed by atoms with van der Waals surface area (Å²) in [4.78, 5) is 50.4. The standard InChI is InChI=1S/C21H18N2O7/c24-12-4-6-17(16(9-12)21(28)29)22-18(25)11-3-5-14-15(8-11)20(27)23(19(14)26)10-13-2-1-7-30-13/h3-6,8-9,13,24H,1-2,7,10H2,(H,22,25)(H,28,29)/t13-/m0/s1. The van der Waals surface area contributed by atoms with Crippen molar-refractivity contribution >= 4 is 29.4 Å². The number of carbonyl (C=O) groups excluding carboxylic acids is 3. The molecule has 4 rings (SSSR count). The molecule has 0 aliphatic carbocycles. The molecule has 2 heterocycles. The number of hydrogen-bond donors (Lipinski definition) is 3. The summed E-state index contributed by atoms with van der Waals surface area (Å²) < 4.78 is 5.50. The number of aromatic hydroxyl groups is 1. The summed E-state index contributed by atoms with van der Waals surface area (Å²) in [6, 6.07) is 7.66. The number of nitrogens with one attached hydrogen (secondary N) is 1. The summed E-state index contributed by atoms with van der Waals surface area (Å²) in [7, 11) is 0. The van der Waals surface area contributed by atoms with E-state index in [-0.39, 0.29) is 46.3 Å². The zero-order valence-electron chi connectivity index (χ0n) is 15.8. The maximum atomic E-state index is 12.7. The van der Waals surface area contributed by atoms with Crippen LogP contribution in [0, 0.1) is 0 Å². The Morgan fingerprint density at radius 3 is 2.57 bits per heavy atom. The van der Waals surface area contributed by atoms with Gasteiger partial charge in [0.05, 0.1) is 35.0 Å². The Labute approximate surface area is 170 Å². The number of hydrogen-bond acceptors (Lipinski definition) is 6. The maximum Gasteiger partial charge on any atom is 0.337 e. The van der Waals surface area contributed by atoms with E-state index in [9.17, 15) is 29.4 Å². The molecule has 0 radical (unpaired) electrons. The smallest absolute Gasteiger partial charge is 0.337 e. The van der Waals surface area contributed by atoms with Gasteiger partial charge in [0, 0.05) is 12.2 Å². The molecular formula is C21H18N2O7.